The molecule has 0 saturated carbocycles. The minimum absolute atomic E-state index is 0.00804. The van der Waals surface area contributed by atoms with Crippen LogP contribution in [-0.2, 0) is 24.8 Å². The van der Waals surface area contributed by atoms with Gasteiger partial charge in [0.05, 0.1) is 22.6 Å². The number of hydrogen-bond donors (Lipinski definition) is 2. The fourth-order valence-electron chi connectivity index (χ4n) is 3.99. The van der Waals surface area contributed by atoms with E-state index in [0.717, 1.165) is 21.0 Å². The van der Waals surface area contributed by atoms with Crippen LogP contribution in [0.4, 0.5) is 17.1 Å². The summed E-state index contributed by atoms with van der Waals surface area (Å²) in [6.07, 6.45) is 0. The number of sulfonamides is 2. The van der Waals surface area contributed by atoms with E-state index in [1.807, 2.05) is 26.8 Å². The van der Waals surface area contributed by atoms with E-state index in [-0.39, 0.29) is 15.5 Å². The van der Waals surface area contributed by atoms with Crippen molar-refractivity contribution in [1.29, 1.82) is 0 Å². The Kier molecular flexibility index (Phi) is 8.69. The van der Waals surface area contributed by atoms with Gasteiger partial charge in [-0.1, -0.05) is 29.8 Å². The molecule has 1 amide bonds. The molecule has 0 heterocycles. The SMILES string of the molecule is COc1cccc(N(CC(=O)Nc2ccc(S(=O)(=O)Nc3ccc(C)c(C)c3)cc2)S(=O)(=O)c2ccc(C)cc2)c1. The number of rotatable bonds is 10. The molecule has 4 aromatic rings. The van der Waals surface area contributed by atoms with Gasteiger partial charge >= 0.3 is 0 Å². The fourth-order valence-corrected chi connectivity index (χ4v) is 6.45. The van der Waals surface area contributed by atoms with Gasteiger partial charge in [-0.2, -0.15) is 0 Å². The predicted molar refractivity (Wildman–Crippen MR) is 161 cm³/mol. The maximum absolute atomic E-state index is 13.6. The van der Waals surface area contributed by atoms with Crippen molar-refractivity contribution in [3.63, 3.8) is 0 Å². The van der Waals surface area contributed by atoms with Crippen molar-refractivity contribution in [3.05, 3.63) is 108 Å². The number of carbonyl (C=O) groups is 1. The number of hydrogen-bond acceptors (Lipinski definition) is 6. The van der Waals surface area contributed by atoms with Crippen LogP contribution >= 0.6 is 0 Å². The molecular formula is C30H31N3O6S2. The molecule has 4 aromatic carbocycles. The highest BCUT2D eigenvalue weighted by molar-refractivity contribution is 7.93. The van der Waals surface area contributed by atoms with Crippen molar-refractivity contribution >= 4 is 43.0 Å². The van der Waals surface area contributed by atoms with E-state index < -0.39 is 32.5 Å². The Morgan fingerprint density at radius 2 is 1.39 bits per heavy atom. The Morgan fingerprint density at radius 1 is 0.756 bits per heavy atom. The zero-order chi connectivity index (χ0) is 29.8. The third kappa shape index (κ3) is 7.05. The first-order chi connectivity index (χ1) is 19.4. The van der Waals surface area contributed by atoms with Gasteiger partial charge in [-0.15, -0.1) is 0 Å². The minimum atomic E-state index is -4.12. The van der Waals surface area contributed by atoms with Gasteiger partial charge in [0.15, 0.2) is 0 Å². The van der Waals surface area contributed by atoms with E-state index in [9.17, 15) is 21.6 Å². The van der Waals surface area contributed by atoms with Gasteiger partial charge in [0.25, 0.3) is 20.0 Å². The number of ether oxygens (including phenoxy) is 1. The summed E-state index contributed by atoms with van der Waals surface area (Å²) in [5.41, 5.74) is 3.89. The van der Waals surface area contributed by atoms with Crippen LogP contribution in [0, 0.1) is 20.8 Å². The molecule has 214 valence electrons. The molecule has 0 unspecified atom stereocenters. The quantitative estimate of drug-likeness (QED) is 0.259. The van der Waals surface area contributed by atoms with Crippen LogP contribution in [0.5, 0.6) is 5.75 Å². The first kappa shape index (κ1) is 29.6. The van der Waals surface area contributed by atoms with Crippen molar-refractivity contribution in [2.24, 2.45) is 0 Å². The summed E-state index contributed by atoms with van der Waals surface area (Å²) in [6, 6.07) is 23.6. The molecule has 0 spiro atoms. The summed E-state index contributed by atoms with van der Waals surface area (Å²) in [6.45, 7) is 5.15. The molecule has 2 N–H and O–H groups in total. The number of carbonyl (C=O) groups excluding carboxylic acids is 1. The normalized spacial score (nSPS) is 11.5. The van der Waals surface area contributed by atoms with Crippen LogP contribution in [0.1, 0.15) is 16.7 Å². The smallest absolute Gasteiger partial charge is 0.264 e. The van der Waals surface area contributed by atoms with Crippen LogP contribution < -0.4 is 19.1 Å². The lowest BCUT2D eigenvalue weighted by molar-refractivity contribution is -0.114. The Morgan fingerprint density at radius 3 is 2.02 bits per heavy atom. The summed E-state index contributed by atoms with van der Waals surface area (Å²) in [5.74, 6) is -0.189. The molecule has 4 rings (SSSR count). The van der Waals surface area contributed by atoms with Gasteiger partial charge in [0.1, 0.15) is 12.3 Å². The molecule has 0 aliphatic rings. The molecule has 0 bridgehead atoms. The van der Waals surface area contributed by atoms with Gasteiger partial charge < -0.3 is 10.1 Å². The first-order valence-corrected chi connectivity index (χ1v) is 15.5. The summed E-state index contributed by atoms with van der Waals surface area (Å²) in [5, 5.41) is 2.65. The highest BCUT2D eigenvalue weighted by Gasteiger charge is 2.28. The van der Waals surface area contributed by atoms with E-state index >= 15 is 0 Å². The summed E-state index contributed by atoms with van der Waals surface area (Å²) >= 11 is 0. The maximum Gasteiger partial charge on any atom is 0.264 e. The Balaban J connectivity index is 1.54. The molecule has 0 saturated heterocycles. The van der Waals surface area contributed by atoms with Crippen LogP contribution in [-0.4, -0.2) is 36.4 Å². The van der Waals surface area contributed by atoms with E-state index in [0.29, 0.717) is 17.1 Å². The van der Waals surface area contributed by atoms with Crippen LogP contribution in [0.25, 0.3) is 0 Å². The zero-order valence-electron chi connectivity index (χ0n) is 23.1. The van der Waals surface area contributed by atoms with E-state index in [1.165, 1.54) is 49.6 Å². The highest BCUT2D eigenvalue weighted by Crippen LogP contribution is 2.27. The average molecular weight is 594 g/mol. The number of methoxy groups -OCH3 is 1. The third-order valence-corrected chi connectivity index (χ3v) is 9.63. The lowest BCUT2D eigenvalue weighted by Gasteiger charge is -2.24. The Hall–Kier alpha value is -4.35. The fraction of sp³-hybridized carbons (Fsp3) is 0.167. The number of anilines is 3. The molecule has 41 heavy (non-hydrogen) atoms. The topological polar surface area (TPSA) is 122 Å². The third-order valence-electron chi connectivity index (χ3n) is 6.44. The summed E-state index contributed by atoms with van der Waals surface area (Å²) in [7, 11) is -6.52. The zero-order valence-corrected chi connectivity index (χ0v) is 24.7. The van der Waals surface area contributed by atoms with Crippen molar-refractivity contribution in [2.75, 3.05) is 28.0 Å². The lowest BCUT2D eigenvalue weighted by Crippen LogP contribution is -2.38. The number of amides is 1. The van der Waals surface area contributed by atoms with Crippen molar-refractivity contribution in [1.82, 2.24) is 0 Å². The molecule has 11 heteroatoms. The van der Waals surface area contributed by atoms with Gasteiger partial charge in [0, 0.05) is 17.4 Å². The number of benzene rings is 4. The van der Waals surface area contributed by atoms with Gasteiger partial charge in [-0.3, -0.25) is 13.8 Å². The van der Waals surface area contributed by atoms with Gasteiger partial charge in [-0.25, -0.2) is 16.8 Å². The van der Waals surface area contributed by atoms with E-state index in [1.54, 1.807) is 42.5 Å². The largest absolute Gasteiger partial charge is 0.497 e. The Bertz CT molecular complexity index is 1770. The molecule has 0 radical (unpaired) electrons. The predicted octanol–water partition coefficient (Wildman–Crippen LogP) is 5.26. The molecule has 0 aliphatic heterocycles. The van der Waals surface area contributed by atoms with Gasteiger partial charge in [-0.05, 0) is 92.6 Å². The molecule has 9 nitrogen and oxygen atoms in total. The van der Waals surface area contributed by atoms with Crippen molar-refractivity contribution in [3.8, 4) is 5.75 Å². The molecule has 0 atom stereocenters. The minimum Gasteiger partial charge on any atom is -0.497 e. The second kappa shape index (κ2) is 12.0. The number of aryl methyl sites for hydroxylation is 3. The summed E-state index contributed by atoms with van der Waals surface area (Å²) < 4.78 is 61.8. The standard InChI is InChI=1S/C30H31N3O6S2/c1-21-8-14-29(15-9-21)41(37,38)33(26-6-5-7-27(19-26)39-4)20-30(34)31-24-12-16-28(17-13-24)40(35,36)32-25-11-10-22(2)23(3)18-25/h5-19,32H,20H2,1-4H3,(H,31,34). The molecular weight excluding hydrogens is 562 g/mol. The maximum atomic E-state index is 13.6. The van der Waals surface area contributed by atoms with Crippen molar-refractivity contribution in [2.45, 2.75) is 30.6 Å². The van der Waals surface area contributed by atoms with Gasteiger partial charge in [0.2, 0.25) is 5.91 Å². The van der Waals surface area contributed by atoms with E-state index in [4.69, 9.17) is 4.74 Å². The Labute approximate surface area is 240 Å². The van der Waals surface area contributed by atoms with Crippen molar-refractivity contribution < 1.29 is 26.4 Å². The number of nitrogens with zero attached hydrogens (tertiary/aromatic N) is 1. The second-order valence-electron chi connectivity index (χ2n) is 9.50. The number of nitrogens with one attached hydrogen (secondary N) is 2. The monoisotopic (exact) mass is 593 g/mol. The summed E-state index contributed by atoms with van der Waals surface area (Å²) in [4.78, 5) is 13.1. The molecule has 0 aromatic heterocycles. The van der Waals surface area contributed by atoms with E-state index in [2.05, 4.69) is 10.0 Å². The lowest BCUT2D eigenvalue weighted by atomic mass is 10.1. The van der Waals surface area contributed by atoms with Crippen LogP contribution in [0.3, 0.4) is 0 Å². The second-order valence-corrected chi connectivity index (χ2v) is 13.0. The average Bonchev–Trinajstić information content (AvgIpc) is 2.94. The first-order valence-electron chi connectivity index (χ1n) is 12.6. The molecule has 0 fully saturated rings. The molecule has 0 aliphatic carbocycles. The highest BCUT2D eigenvalue weighted by atomic mass is 32.2. The van der Waals surface area contributed by atoms with Crippen LogP contribution in [0.15, 0.2) is 101 Å². The van der Waals surface area contributed by atoms with Crippen LogP contribution in [0.2, 0.25) is 0 Å².